The molecular weight excluding hydrogens is 330 g/mol. The van der Waals surface area contributed by atoms with Crippen LogP contribution in [0.2, 0.25) is 18.1 Å². The summed E-state index contributed by atoms with van der Waals surface area (Å²) in [7, 11) is -1.78. The monoisotopic (exact) mass is 357 g/mol. The maximum absolute atomic E-state index is 12.1. The van der Waals surface area contributed by atoms with Gasteiger partial charge in [-0.25, -0.2) is 4.79 Å². The summed E-state index contributed by atoms with van der Waals surface area (Å²) in [5.74, 6) is 0.241. The Morgan fingerprint density at radius 1 is 1.20 bits per heavy atom. The van der Waals surface area contributed by atoms with Crippen molar-refractivity contribution in [2.24, 2.45) is 0 Å². The molecule has 0 amide bonds. The minimum atomic E-state index is -1.78. The summed E-state index contributed by atoms with van der Waals surface area (Å²) in [5.41, 5.74) is 8.60. The van der Waals surface area contributed by atoms with E-state index in [2.05, 4.69) is 51.0 Å². The standard InChI is InChI=1S/C19H27N3O2Si/c1-19(2,3)25(4,5)24-16-11-13-6-7-15(10-14(13)12-16)22-9-8-17(20)21-18(22)23/h6-10,16H,11-12H2,1-5H3,(H2,20,21,23). The number of benzene rings is 1. The van der Waals surface area contributed by atoms with Crippen LogP contribution in [0.15, 0.2) is 35.3 Å². The topological polar surface area (TPSA) is 70.1 Å². The zero-order valence-corrected chi connectivity index (χ0v) is 16.7. The Kier molecular flexibility index (Phi) is 4.37. The largest absolute Gasteiger partial charge is 0.413 e. The van der Waals surface area contributed by atoms with E-state index in [1.165, 1.54) is 15.7 Å². The molecule has 0 bridgehead atoms. The molecule has 0 spiro atoms. The van der Waals surface area contributed by atoms with E-state index in [4.69, 9.17) is 10.2 Å². The van der Waals surface area contributed by atoms with E-state index < -0.39 is 8.32 Å². The van der Waals surface area contributed by atoms with E-state index in [0.29, 0.717) is 0 Å². The van der Waals surface area contributed by atoms with E-state index >= 15 is 0 Å². The van der Waals surface area contributed by atoms with Crippen molar-refractivity contribution in [3.8, 4) is 5.69 Å². The molecule has 1 atom stereocenters. The second-order valence-corrected chi connectivity index (χ2v) is 13.1. The molecular formula is C19H27N3O2Si. The van der Waals surface area contributed by atoms with Crippen LogP contribution < -0.4 is 11.4 Å². The van der Waals surface area contributed by atoms with Crippen LogP contribution >= 0.6 is 0 Å². The van der Waals surface area contributed by atoms with Gasteiger partial charge in [-0.1, -0.05) is 26.8 Å². The minimum absolute atomic E-state index is 0.204. The molecule has 2 aromatic rings. The van der Waals surface area contributed by atoms with Crippen molar-refractivity contribution in [2.45, 2.75) is 57.8 Å². The molecule has 5 nitrogen and oxygen atoms in total. The van der Waals surface area contributed by atoms with Crippen LogP contribution in [0.3, 0.4) is 0 Å². The number of rotatable bonds is 3. The lowest BCUT2D eigenvalue weighted by molar-refractivity contribution is 0.191. The fourth-order valence-corrected chi connectivity index (χ4v) is 4.36. The predicted octanol–water partition coefficient (Wildman–Crippen LogP) is 3.30. The fourth-order valence-electron chi connectivity index (χ4n) is 3.00. The number of hydrogen-bond acceptors (Lipinski definition) is 4. The molecule has 134 valence electrons. The van der Waals surface area contributed by atoms with Crippen molar-refractivity contribution in [3.63, 3.8) is 0 Å². The molecule has 1 aliphatic rings. The Morgan fingerprint density at radius 3 is 2.52 bits per heavy atom. The van der Waals surface area contributed by atoms with Gasteiger partial charge in [0.25, 0.3) is 0 Å². The highest BCUT2D eigenvalue weighted by molar-refractivity contribution is 6.74. The number of aromatic nitrogens is 2. The summed E-state index contributed by atoms with van der Waals surface area (Å²) < 4.78 is 8.10. The number of nitrogen functional groups attached to an aromatic ring is 1. The Balaban J connectivity index is 1.83. The Labute approximate surface area is 150 Å². The molecule has 0 saturated carbocycles. The van der Waals surface area contributed by atoms with E-state index in [1.54, 1.807) is 12.3 Å². The molecule has 0 fully saturated rings. The molecule has 6 heteroatoms. The third-order valence-corrected chi connectivity index (χ3v) is 9.99. The second-order valence-electron chi connectivity index (χ2n) is 8.37. The van der Waals surface area contributed by atoms with Gasteiger partial charge in [0.15, 0.2) is 8.32 Å². The first-order chi connectivity index (χ1) is 11.6. The quantitative estimate of drug-likeness (QED) is 0.856. The first-order valence-electron chi connectivity index (χ1n) is 8.72. The lowest BCUT2D eigenvalue weighted by Gasteiger charge is -2.38. The van der Waals surface area contributed by atoms with Gasteiger partial charge in [-0.05, 0) is 60.3 Å². The van der Waals surface area contributed by atoms with E-state index in [-0.39, 0.29) is 22.6 Å². The first-order valence-corrected chi connectivity index (χ1v) is 11.6. The summed E-state index contributed by atoms with van der Waals surface area (Å²) >= 11 is 0. The summed E-state index contributed by atoms with van der Waals surface area (Å²) in [6.45, 7) is 11.4. The lowest BCUT2D eigenvalue weighted by Crippen LogP contribution is -2.44. The van der Waals surface area contributed by atoms with Crippen LogP contribution in [0.5, 0.6) is 0 Å². The van der Waals surface area contributed by atoms with Crippen molar-refractivity contribution < 1.29 is 4.43 Å². The van der Waals surface area contributed by atoms with E-state index in [1.807, 2.05) is 6.07 Å². The molecule has 1 aromatic carbocycles. The zero-order valence-electron chi connectivity index (χ0n) is 15.7. The summed E-state index contributed by atoms with van der Waals surface area (Å²) in [6, 6.07) is 7.77. The summed E-state index contributed by atoms with van der Waals surface area (Å²) in [6.07, 6.45) is 3.74. The number of fused-ring (bicyclic) bond motifs is 1. The zero-order chi connectivity index (χ0) is 18.4. The number of anilines is 1. The maximum Gasteiger partial charge on any atom is 0.354 e. The van der Waals surface area contributed by atoms with Crippen molar-refractivity contribution >= 4 is 14.1 Å². The Hall–Kier alpha value is -1.92. The first kappa shape index (κ1) is 17.9. The van der Waals surface area contributed by atoms with Crippen LogP contribution in [-0.2, 0) is 17.3 Å². The third-order valence-electron chi connectivity index (χ3n) is 5.46. The van der Waals surface area contributed by atoms with Crippen molar-refractivity contribution in [1.82, 2.24) is 9.55 Å². The van der Waals surface area contributed by atoms with Crippen molar-refractivity contribution in [1.29, 1.82) is 0 Å². The molecule has 0 radical (unpaired) electrons. The fraction of sp³-hybridized carbons (Fsp3) is 0.474. The van der Waals surface area contributed by atoms with Gasteiger partial charge in [-0.3, -0.25) is 4.57 Å². The second kappa shape index (κ2) is 6.11. The van der Waals surface area contributed by atoms with Gasteiger partial charge in [-0.2, -0.15) is 4.98 Å². The molecule has 1 heterocycles. The Morgan fingerprint density at radius 2 is 1.88 bits per heavy atom. The van der Waals surface area contributed by atoms with Crippen LogP contribution in [0.25, 0.3) is 5.69 Å². The number of nitrogens with two attached hydrogens (primary N) is 1. The van der Waals surface area contributed by atoms with Gasteiger partial charge >= 0.3 is 5.69 Å². The van der Waals surface area contributed by atoms with Gasteiger partial charge in [0.05, 0.1) is 11.8 Å². The Bertz CT molecular complexity index is 852. The van der Waals surface area contributed by atoms with Gasteiger partial charge < -0.3 is 10.2 Å². The summed E-state index contributed by atoms with van der Waals surface area (Å²) in [5, 5.41) is 0.204. The molecule has 25 heavy (non-hydrogen) atoms. The SMILES string of the molecule is CC(C)(C)[Si](C)(C)OC1Cc2ccc(-n3ccc(N)nc3=O)cc2C1. The molecule has 1 aromatic heterocycles. The number of hydrogen-bond donors (Lipinski definition) is 1. The molecule has 0 saturated heterocycles. The van der Waals surface area contributed by atoms with Gasteiger partial charge in [0, 0.05) is 6.20 Å². The molecule has 1 aliphatic carbocycles. The predicted molar refractivity (Wildman–Crippen MR) is 104 cm³/mol. The molecule has 2 N–H and O–H groups in total. The van der Waals surface area contributed by atoms with Crippen LogP contribution in [-0.4, -0.2) is 24.0 Å². The average molecular weight is 358 g/mol. The molecule has 1 unspecified atom stereocenters. The van der Waals surface area contributed by atoms with E-state index in [0.717, 1.165) is 18.5 Å². The van der Waals surface area contributed by atoms with Gasteiger partial charge in [0.1, 0.15) is 5.82 Å². The van der Waals surface area contributed by atoms with Crippen molar-refractivity contribution in [2.75, 3.05) is 5.73 Å². The normalized spacial score (nSPS) is 17.6. The highest BCUT2D eigenvalue weighted by atomic mass is 28.4. The van der Waals surface area contributed by atoms with Gasteiger partial charge in [-0.15, -0.1) is 0 Å². The average Bonchev–Trinajstić information content (AvgIpc) is 2.86. The summed E-state index contributed by atoms with van der Waals surface area (Å²) in [4.78, 5) is 15.9. The number of nitrogens with zero attached hydrogens (tertiary/aromatic N) is 2. The van der Waals surface area contributed by atoms with Crippen LogP contribution in [0.1, 0.15) is 31.9 Å². The highest BCUT2D eigenvalue weighted by Gasteiger charge is 2.40. The highest BCUT2D eigenvalue weighted by Crippen LogP contribution is 2.39. The van der Waals surface area contributed by atoms with Crippen molar-refractivity contribution in [3.05, 3.63) is 52.1 Å². The maximum atomic E-state index is 12.1. The van der Waals surface area contributed by atoms with E-state index in [9.17, 15) is 4.79 Å². The van der Waals surface area contributed by atoms with Crippen LogP contribution in [0, 0.1) is 0 Å². The molecule has 0 aliphatic heterocycles. The van der Waals surface area contributed by atoms with Gasteiger partial charge in [0.2, 0.25) is 0 Å². The lowest BCUT2D eigenvalue weighted by atomic mass is 10.1. The minimum Gasteiger partial charge on any atom is -0.413 e. The third kappa shape index (κ3) is 3.55. The molecule has 3 rings (SSSR count). The smallest absolute Gasteiger partial charge is 0.354 e. The van der Waals surface area contributed by atoms with Crippen LogP contribution in [0.4, 0.5) is 5.82 Å².